The number of amides is 3. The molecule has 3 amide bonds. The highest BCUT2D eigenvalue weighted by Gasteiger charge is 2.47. The molecule has 2 fully saturated rings. The van der Waals surface area contributed by atoms with Gasteiger partial charge in [-0.05, 0) is 35.7 Å². The number of carbonyl (C=O) groups is 3. The zero-order valence-corrected chi connectivity index (χ0v) is 16.4. The summed E-state index contributed by atoms with van der Waals surface area (Å²) in [5, 5.41) is 5.05. The quantitative estimate of drug-likeness (QED) is 0.579. The van der Waals surface area contributed by atoms with Crippen LogP contribution in [0.3, 0.4) is 0 Å². The van der Waals surface area contributed by atoms with Crippen molar-refractivity contribution >= 4 is 28.5 Å². The number of hydrogen-bond acceptors (Lipinski definition) is 4. The number of imide groups is 1. The standard InChI is InChI=1S/C23H26N2O4/c26-21(11-13-25-22(27)19-7-3-4-8-20(19)23(25)28)24-12-14-29-18-10-9-16-5-1-2-6-17(16)15-18/h1-2,5-6,9-10,15,19-20H,3-4,7-8,11-14H2,(H,24,26)/t19-,20+. The van der Waals surface area contributed by atoms with E-state index in [1.165, 1.54) is 4.90 Å². The zero-order chi connectivity index (χ0) is 20.2. The molecule has 1 aliphatic carbocycles. The van der Waals surface area contributed by atoms with Gasteiger partial charge in [-0.15, -0.1) is 0 Å². The Balaban J connectivity index is 1.19. The van der Waals surface area contributed by atoms with Gasteiger partial charge in [-0.25, -0.2) is 0 Å². The van der Waals surface area contributed by atoms with Crippen molar-refractivity contribution in [2.75, 3.05) is 19.7 Å². The normalized spacial score (nSPS) is 21.3. The molecule has 152 valence electrons. The molecule has 1 heterocycles. The van der Waals surface area contributed by atoms with E-state index in [4.69, 9.17) is 4.74 Å². The van der Waals surface area contributed by atoms with Crippen molar-refractivity contribution in [1.29, 1.82) is 0 Å². The number of fused-ring (bicyclic) bond motifs is 2. The minimum absolute atomic E-state index is 0.0906. The first-order valence-electron chi connectivity index (χ1n) is 10.4. The van der Waals surface area contributed by atoms with Crippen LogP contribution in [0.25, 0.3) is 10.8 Å². The van der Waals surface area contributed by atoms with Crippen LogP contribution in [-0.4, -0.2) is 42.3 Å². The van der Waals surface area contributed by atoms with E-state index in [-0.39, 0.29) is 42.5 Å². The Morgan fingerprint density at radius 1 is 1.00 bits per heavy atom. The Hall–Kier alpha value is -2.89. The summed E-state index contributed by atoms with van der Waals surface area (Å²) in [5.74, 6) is 0.0833. The number of nitrogens with one attached hydrogen (secondary N) is 1. The minimum atomic E-state index is -0.178. The molecule has 4 rings (SSSR count). The molecule has 1 saturated heterocycles. The number of nitrogens with zero attached hydrogens (tertiary/aromatic N) is 1. The van der Waals surface area contributed by atoms with Crippen LogP contribution in [0.15, 0.2) is 42.5 Å². The summed E-state index contributed by atoms with van der Waals surface area (Å²) in [5.41, 5.74) is 0. The number of likely N-dealkylation sites (tertiary alicyclic amines) is 1. The maximum Gasteiger partial charge on any atom is 0.233 e. The Labute approximate surface area is 170 Å². The molecule has 0 spiro atoms. The second-order valence-corrected chi connectivity index (χ2v) is 7.78. The van der Waals surface area contributed by atoms with Gasteiger partial charge in [-0.3, -0.25) is 19.3 Å². The minimum Gasteiger partial charge on any atom is -0.492 e. The Kier molecular flexibility index (Phi) is 5.79. The third-order valence-corrected chi connectivity index (χ3v) is 5.91. The SMILES string of the molecule is O=C(CCN1C(=O)[C@H]2CCCC[C@H]2C1=O)NCCOc1ccc2ccccc2c1. The molecule has 0 aromatic heterocycles. The van der Waals surface area contributed by atoms with Crippen LogP contribution in [0.4, 0.5) is 0 Å². The van der Waals surface area contributed by atoms with Gasteiger partial charge in [0.1, 0.15) is 12.4 Å². The lowest BCUT2D eigenvalue weighted by molar-refractivity contribution is -0.140. The molecule has 1 saturated carbocycles. The van der Waals surface area contributed by atoms with E-state index in [9.17, 15) is 14.4 Å². The van der Waals surface area contributed by atoms with E-state index < -0.39 is 0 Å². The first-order chi connectivity index (χ1) is 14.1. The summed E-state index contributed by atoms with van der Waals surface area (Å²) in [6.45, 7) is 0.899. The van der Waals surface area contributed by atoms with Crippen LogP contribution in [0, 0.1) is 11.8 Å². The summed E-state index contributed by atoms with van der Waals surface area (Å²) in [6, 6.07) is 13.9. The van der Waals surface area contributed by atoms with Crippen molar-refractivity contribution in [2.45, 2.75) is 32.1 Å². The Morgan fingerprint density at radius 3 is 2.41 bits per heavy atom. The number of hydrogen-bond donors (Lipinski definition) is 1. The van der Waals surface area contributed by atoms with Gasteiger partial charge < -0.3 is 10.1 Å². The van der Waals surface area contributed by atoms with Gasteiger partial charge in [0.05, 0.1) is 18.4 Å². The first kappa shape index (κ1) is 19.4. The second-order valence-electron chi connectivity index (χ2n) is 7.78. The van der Waals surface area contributed by atoms with Gasteiger partial charge in [-0.2, -0.15) is 0 Å². The molecule has 0 radical (unpaired) electrons. The molecular formula is C23H26N2O4. The summed E-state index contributed by atoms with van der Waals surface area (Å²) in [7, 11) is 0. The van der Waals surface area contributed by atoms with E-state index in [1.807, 2.05) is 42.5 Å². The molecule has 1 N–H and O–H groups in total. The molecule has 6 nitrogen and oxygen atoms in total. The number of benzene rings is 2. The molecule has 2 aromatic rings. The molecule has 2 aliphatic rings. The topological polar surface area (TPSA) is 75.7 Å². The zero-order valence-electron chi connectivity index (χ0n) is 16.4. The largest absolute Gasteiger partial charge is 0.492 e. The van der Waals surface area contributed by atoms with Crippen molar-refractivity contribution in [3.63, 3.8) is 0 Å². The second kappa shape index (κ2) is 8.64. The van der Waals surface area contributed by atoms with Crippen LogP contribution >= 0.6 is 0 Å². The summed E-state index contributed by atoms with van der Waals surface area (Å²) >= 11 is 0. The van der Waals surface area contributed by atoms with Crippen LogP contribution in [0.5, 0.6) is 5.75 Å². The predicted molar refractivity (Wildman–Crippen MR) is 109 cm³/mol. The fourth-order valence-electron chi connectivity index (χ4n) is 4.37. The van der Waals surface area contributed by atoms with Crippen molar-refractivity contribution in [1.82, 2.24) is 10.2 Å². The number of rotatable bonds is 7. The summed E-state index contributed by atoms with van der Waals surface area (Å²) < 4.78 is 5.71. The van der Waals surface area contributed by atoms with Crippen LogP contribution in [-0.2, 0) is 14.4 Å². The highest BCUT2D eigenvalue weighted by atomic mass is 16.5. The lowest BCUT2D eigenvalue weighted by Crippen LogP contribution is -2.36. The molecule has 29 heavy (non-hydrogen) atoms. The number of carbonyl (C=O) groups excluding carboxylic acids is 3. The van der Waals surface area contributed by atoms with Crippen molar-refractivity contribution < 1.29 is 19.1 Å². The highest BCUT2D eigenvalue weighted by molar-refractivity contribution is 6.05. The lowest BCUT2D eigenvalue weighted by atomic mass is 9.81. The van der Waals surface area contributed by atoms with Crippen molar-refractivity contribution in [3.05, 3.63) is 42.5 Å². The highest BCUT2D eigenvalue weighted by Crippen LogP contribution is 2.37. The van der Waals surface area contributed by atoms with E-state index in [2.05, 4.69) is 5.32 Å². The maximum atomic E-state index is 12.4. The molecule has 1 aliphatic heterocycles. The third kappa shape index (κ3) is 4.26. The third-order valence-electron chi connectivity index (χ3n) is 5.91. The average molecular weight is 394 g/mol. The average Bonchev–Trinajstić information content (AvgIpc) is 3.00. The van der Waals surface area contributed by atoms with Gasteiger partial charge in [-0.1, -0.05) is 43.2 Å². The molecule has 0 unspecified atom stereocenters. The van der Waals surface area contributed by atoms with E-state index >= 15 is 0 Å². The van der Waals surface area contributed by atoms with Gasteiger partial charge >= 0.3 is 0 Å². The maximum absolute atomic E-state index is 12.4. The van der Waals surface area contributed by atoms with Gasteiger partial charge in [0.25, 0.3) is 0 Å². The van der Waals surface area contributed by atoms with Crippen LogP contribution in [0.2, 0.25) is 0 Å². The fourth-order valence-corrected chi connectivity index (χ4v) is 4.37. The predicted octanol–water partition coefficient (Wildman–Crippen LogP) is 2.90. The van der Waals surface area contributed by atoms with Crippen molar-refractivity contribution in [3.8, 4) is 5.75 Å². The van der Waals surface area contributed by atoms with Gasteiger partial charge in [0.15, 0.2) is 0 Å². The fraction of sp³-hybridized carbons (Fsp3) is 0.435. The van der Waals surface area contributed by atoms with E-state index in [0.717, 1.165) is 42.2 Å². The Bertz CT molecular complexity index is 902. The van der Waals surface area contributed by atoms with Crippen molar-refractivity contribution in [2.24, 2.45) is 11.8 Å². The summed E-state index contributed by atoms with van der Waals surface area (Å²) in [4.78, 5) is 38.2. The number of ether oxygens (including phenoxy) is 1. The monoisotopic (exact) mass is 394 g/mol. The van der Waals surface area contributed by atoms with Crippen LogP contribution < -0.4 is 10.1 Å². The molecule has 0 bridgehead atoms. The molecule has 2 aromatic carbocycles. The van der Waals surface area contributed by atoms with Gasteiger partial charge in [0, 0.05) is 13.0 Å². The van der Waals surface area contributed by atoms with Crippen LogP contribution in [0.1, 0.15) is 32.1 Å². The van der Waals surface area contributed by atoms with E-state index in [0.29, 0.717) is 13.2 Å². The van der Waals surface area contributed by atoms with Gasteiger partial charge in [0.2, 0.25) is 17.7 Å². The first-order valence-corrected chi connectivity index (χ1v) is 10.4. The molecular weight excluding hydrogens is 368 g/mol. The summed E-state index contributed by atoms with van der Waals surface area (Å²) in [6.07, 6.45) is 3.73. The molecule has 2 atom stereocenters. The lowest BCUT2D eigenvalue weighted by Gasteiger charge is -2.19. The Morgan fingerprint density at radius 2 is 1.69 bits per heavy atom. The molecule has 6 heteroatoms. The van der Waals surface area contributed by atoms with E-state index in [1.54, 1.807) is 0 Å². The smallest absolute Gasteiger partial charge is 0.233 e.